The first-order valence-corrected chi connectivity index (χ1v) is 6.03. The maximum absolute atomic E-state index is 3.53. The van der Waals surface area contributed by atoms with Crippen LogP contribution in [0.1, 0.15) is 60.3 Å². The molecule has 0 saturated heterocycles. The minimum absolute atomic E-state index is 0.884. The molecule has 12 heavy (non-hydrogen) atoms. The van der Waals surface area contributed by atoms with E-state index in [1.54, 1.807) is 6.26 Å². The van der Waals surface area contributed by atoms with E-state index in [0.717, 1.165) is 5.92 Å². The monoisotopic (exact) mass is 192 g/mol. The van der Waals surface area contributed by atoms with E-state index in [-0.39, 0.29) is 0 Å². The van der Waals surface area contributed by atoms with Crippen LogP contribution in [0.15, 0.2) is 0 Å². The van der Waals surface area contributed by atoms with Gasteiger partial charge in [0, 0.05) is 0 Å². The summed E-state index contributed by atoms with van der Waals surface area (Å²) in [5, 5.41) is 0. The summed E-state index contributed by atoms with van der Waals surface area (Å²) >= 11 is 3.53. The molecular formula is C11H28S. The van der Waals surface area contributed by atoms with Crippen LogP contribution in [0.25, 0.3) is 0 Å². The van der Waals surface area contributed by atoms with Crippen LogP contribution in [-0.4, -0.2) is 6.26 Å². The Labute approximate surface area is 85.6 Å². The van der Waals surface area contributed by atoms with E-state index < -0.39 is 0 Å². The largest absolute Gasteiger partial charge is 0.183 e. The minimum Gasteiger partial charge on any atom is -0.183 e. The Morgan fingerprint density at radius 1 is 0.917 bits per heavy atom. The zero-order valence-electron chi connectivity index (χ0n) is 9.85. The van der Waals surface area contributed by atoms with Crippen molar-refractivity contribution in [3.05, 3.63) is 0 Å². The number of thiol groups is 1. The molecule has 0 rings (SSSR count). The van der Waals surface area contributed by atoms with Gasteiger partial charge in [0.1, 0.15) is 0 Å². The predicted molar refractivity (Wildman–Crippen MR) is 65.2 cm³/mol. The molecule has 0 aliphatic carbocycles. The van der Waals surface area contributed by atoms with Crippen molar-refractivity contribution < 1.29 is 0 Å². The lowest BCUT2D eigenvalue weighted by atomic mass is 10.2. The van der Waals surface area contributed by atoms with E-state index in [9.17, 15) is 0 Å². The van der Waals surface area contributed by atoms with Gasteiger partial charge in [-0.3, -0.25) is 0 Å². The molecule has 0 nitrogen and oxygen atoms in total. The van der Waals surface area contributed by atoms with Crippen LogP contribution in [0.4, 0.5) is 0 Å². The van der Waals surface area contributed by atoms with E-state index in [4.69, 9.17) is 0 Å². The Morgan fingerprint density at radius 2 is 1.17 bits per heavy atom. The molecule has 0 radical (unpaired) electrons. The van der Waals surface area contributed by atoms with Crippen molar-refractivity contribution in [2.24, 2.45) is 5.92 Å². The van der Waals surface area contributed by atoms with Gasteiger partial charge >= 0.3 is 0 Å². The van der Waals surface area contributed by atoms with Crippen molar-refractivity contribution in [2.75, 3.05) is 6.26 Å². The maximum atomic E-state index is 3.53. The van der Waals surface area contributed by atoms with Gasteiger partial charge in [0.15, 0.2) is 0 Å². The number of rotatable bonds is 3. The first kappa shape index (κ1) is 18.2. The quantitative estimate of drug-likeness (QED) is 0.610. The fraction of sp³-hybridized carbons (Fsp3) is 1.00. The molecule has 0 aromatic carbocycles. The van der Waals surface area contributed by atoms with Crippen LogP contribution in [0.5, 0.6) is 0 Å². The summed E-state index contributed by atoms with van der Waals surface area (Å²) in [6.45, 7) is 11.1. The van der Waals surface area contributed by atoms with Crippen molar-refractivity contribution in [3.8, 4) is 0 Å². The van der Waals surface area contributed by atoms with Gasteiger partial charge < -0.3 is 0 Å². The third-order valence-corrected chi connectivity index (χ3v) is 1.52. The molecule has 78 valence electrons. The fourth-order valence-corrected chi connectivity index (χ4v) is 0.354. The third-order valence-electron chi connectivity index (χ3n) is 1.52. The average Bonchev–Trinajstić information content (AvgIpc) is 2.10. The van der Waals surface area contributed by atoms with Crippen molar-refractivity contribution >= 4 is 12.6 Å². The van der Waals surface area contributed by atoms with Gasteiger partial charge in [-0.1, -0.05) is 60.3 Å². The molecule has 0 unspecified atom stereocenters. The smallest absolute Gasteiger partial charge is 0.0215 e. The van der Waals surface area contributed by atoms with Crippen molar-refractivity contribution in [1.82, 2.24) is 0 Å². The van der Waals surface area contributed by atoms with Crippen molar-refractivity contribution in [3.63, 3.8) is 0 Å². The Hall–Kier alpha value is 0.350. The second kappa shape index (κ2) is 22.5. The maximum Gasteiger partial charge on any atom is -0.0215 e. The Bertz CT molecular complexity index is 40.3. The molecule has 0 heterocycles. The molecule has 0 spiro atoms. The lowest BCUT2D eigenvalue weighted by Crippen LogP contribution is -1.77. The van der Waals surface area contributed by atoms with Gasteiger partial charge in [0.25, 0.3) is 0 Å². The van der Waals surface area contributed by atoms with Crippen LogP contribution in [0.2, 0.25) is 0 Å². The molecule has 0 aromatic rings. The van der Waals surface area contributed by atoms with Crippen LogP contribution in [0, 0.1) is 5.92 Å². The molecule has 1 heteroatoms. The standard InChI is InChI=1S/2C5H12.CH4S/c1-4-5(2)3;1-3-5-4-2;1-2/h5H,4H2,1-3H3;3-5H2,1-2H3;2H,1H3. The molecule has 0 saturated carbocycles. The second-order valence-corrected chi connectivity index (χ2v) is 3.16. The van der Waals surface area contributed by atoms with Crippen molar-refractivity contribution in [2.45, 2.75) is 60.3 Å². The molecule has 0 aromatic heterocycles. The van der Waals surface area contributed by atoms with Crippen LogP contribution >= 0.6 is 12.6 Å². The highest BCUT2D eigenvalue weighted by atomic mass is 32.1. The average molecular weight is 192 g/mol. The first-order chi connectivity index (χ1) is 5.68. The Morgan fingerprint density at radius 3 is 1.17 bits per heavy atom. The van der Waals surface area contributed by atoms with E-state index in [1.165, 1.54) is 25.7 Å². The van der Waals surface area contributed by atoms with Crippen LogP contribution < -0.4 is 0 Å². The summed E-state index contributed by atoms with van der Waals surface area (Å²) in [6, 6.07) is 0. The highest BCUT2D eigenvalue weighted by Gasteiger charge is 1.80. The Kier molecular flexibility index (Phi) is 34.1. The third kappa shape index (κ3) is 47.8. The zero-order chi connectivity index (χ0) is 10.4. The highest BCUT2D eigenvalue weighted by Crippen LogP contribution is 1.93. The molecular weight excluding hydrogens is 164 g/mol. The zero-order valence-corrected chi connectivity index (χ0v) is 10.7. The molecule has 0 aliphatic heterocycles. The first-order valence-electron chi connectivity index (χ1n) is 5.13. The summed E-state index contributed by atoms with van der Waals surface area (Å²) in [7, 11) is 0. The highest BCUT2D eigenvalue weighted by molar-refractivity contribution is 7.79. The minimum atomic E-state index is 0.884. The van der Waals surface area contributed by atoms with E-state index >= 15 is 0 Å². The van der Waals surface area contributed by atoms with Gasteiger partial charge in [0.05, 0.1) is 0 Å². The summed E-state index contributed by atoms with van der Waals surface area (Å²) in [5.74, 6) is 0.884. The van der Waals surface area contributed by atoms with Gasteiger partial charge in [0.2, 0.25) is 0 Å². The summed E-state index contributed by atoms with van der Waals surface area (Å²) in [5.41, 5.74) is 0. The predicted octanol–water partition coefficient (Wildman–Crippen LogP) is 4.79. The summed E-state index contributed by atoms with van der Waals surface area (Å²) in [6.07, 6.45) is 7.08. The summed E-state index contributed by atoms with van der Waals surface area (Å²) in [4.78, 5) is 0. The number of hydrogen-bond donors (Lipinski definition) is 1. The molecule has 0 fully saturated rings. The molecule has 0 aliphatic rings. The van der Waals surface area contributed by atoms with Gasteiger partial charge in [-0.05, 0) is 12.2 Å². The van der Waals surface area contributed by atoms with E-state index in [2.05, 4.69) is 47.2 Å². The Balaban J connectivity index is -0.000000112. The normalized spacial score (nSPS) is 8.00. The van der Waals surface area contributed by atoms with Gasteiger partial charge in [-0.25, -0.2) is 0 Å². The lowest BCUT2D eigenvalue weighted by Gasteiger charge is -1.90. The van der Waals surface area contributed by atoms with E-state index in [1.807, 2.05) is 0 Å². The molecule has 0 atom stereocenters. The molecule has 0 N–H and O–H groups in total. The molecule has 0 amide bonds. The van der Waals surface area contributed by atoms with Gasteiger partial charge in [-0.2, -0.15) is 12.6 Å². The summed E-state index contributed by atoms with van der Waals surface area (Å²) < 4.78 is 0. The SMILES string of the molecule is CCC(C)C.CCCCC.CS. The fourth-order valence-electron chi connectivity index (χ4n) is 0.354. The van der Waals surface area contributed by atoms with Crippen LogP contribution in [-0.2, 0) is 0 Å². The van der Waals surface area contributed by atoms with Crippen LogP contribution in [0.3, 0.4) is 0 Å². The topological polar surface area (TPSA) is 0 Å². The molecule has 0 bridgehead atoms. The van der Waals surface area contributed by atoms with E-state index in [0.29, 0.717) is 0 Å². The number of unbranched alkanes of at least 4 members (excludes halogenated alkanes) is 2. The van der Waals surface area contributed by atoms with Crippen molar-refractivity contribution in [1.29, 1.82) is 0 Å². The lowest BCUT2D eigenvalue weighted by molar-refractivity contribution is 0.626. The van der Waals surface area contributed by atoms with Gasteiger partial charge in [-0.15, -0.1) is 0 Å². The number of hydrogen-bond acceptors (Lipinski definition) is 1. The second-order valence-electron chi connectivity index (χ2n) is 3.16.